The van der Waals surface area contributed by atoms with Crippen LogP contribution in [0.4, 0.5) is 17.1 Å². The molecule has 1 aliphatic rings. The topological polar surface area (TPSA) is 96.0 Å². The zero-order chi connectivity index (χ0) is 26.7. The number of rotatable bonds is 8. The molecule has 0 saturated carbocycles. The Kier molecular flexibility index (Phi) is 7.54. The van der Waals surface area contributed by atoms with Crippen LogP contribution < -0.4 is 19.3 Å². The predicted octanol–water partition coefficient (Wildman–Crippen LogP) is 4.58. The van der Waals surface area contributed by atoms with E-state index in [2.05, 4.69) is 5.32 Å². The van der Waals surface area contributed by atoms with Crippen molar-refractivity contribution in [2.45, 2.75) is 38.5 Å². The molecule has 8 nitrogen and oxygen atoms in total. The summed E-state index contributed by atoms with van der Waals surface area (Å²) in [7, 11) is -2.65. The molecule has 1 heterocycles. The van der Waals surface area contributed by atoms with Gasteiger partial charge in [-0.3, -0.25) is 13.9 Å². The Morgan fingerprint density at radius 3 is 2.35 bits per heavy atom. The van der Waals surface area contributed by atoms with E-state index in [1.54, 1.807) is 41.3 Å². The van der Waals surface area contributed by atoms with Gasteiger partial charge in [0.25, 0.3) is 10.0 Å². The Hall–Kier alpha value is -3.85. The van der Waals surface area contributed by atoms with Crippen molar-refractivity contribution >= 4 is 38.9 Å². The first-order valence-corrected chi connectivity index (χ1v) is 13.5. The third-order valence-electron chi connectivity index (χ3n) is 6.36. The van der Waals surface area contributed by atoms with E-state index < -0.39 is 22.5 Å². The van der Waals surface area contributed by atoms with Crippen LogP contribution in [-0.4, -0.2) is 40.4 Å². The predicted molar refractivity (Wildman–Crippen MR) is 145 cm³/mol. The average molecular weight is 522 g/mol. The number of methoxy groups -OCH3 is 1. The van der Waals surface area contributed by atoms with Crippen molar-refractivity contribution in [2.75, 3.05) is 34.7 Å². The SMILES string of the molecule is COc1ccc(C)cc1N(CC(=O)Nc1ccc(C)c(N2CCCC2=O)c1)S(=O)(=O)c1ccc(C)cc1. The molecule has 0 radical (unpaired) electrons. The van der Waals surface area contributed by atoms with Gasteiger partial charge in [0.1, 0.15) is 12.3 Å². The van der Waals surface area contributed by atoms with E-state index in [9.17, 15) is 18.0 Å². The number of sulfonamides is 1. The summed E-state index contributed by atoms with van der Waals surface area (Å²) in [6.45, 7) is 5.78. The minimum absolute atomic E-state index is 0.0495. The van der Waals surface area contributed by atoms with Crippen LogP contribution in [0.15, 0.2) is 65.6 Å². The van der Waals surface area contributed by atoms with Crippen LogP contribution in [0, 0.1) is 20.8 Å². The van der Waals surface area contributed by atoms with Crippen molar-refractivity contribution in [2.24, 2.45) is 0 Å². The van der Waals surface area contributed by atoms with Crippen molar-refractivity contribution < 1.29 is 22.7 Å². The van der Waals surface area contributed by atoms with E-state index in [0.717, 1.165) is 33.1 Å². The molecule has 3 aromatic rings. The number of ether oxygens (including phenoxy) is 1. The van der Waals surface area contributed by atoms with E-state index >= 15 is 0 Å². The zero-order valence-electron chi connectivity index (χ0n) is 21.4. The number of anilines is 3. The van der Waals surface area contributed by atoms with Crippen LogP contribution in [0.3, 0.4) is 0 Å². The van der Waals surface area contributed by atoms with Crippen LogP contribution in [0.2, 0.25) is 0 Å². The van der Waals surface area contributed by atoms with E-state index in [1.165, 1.54) is 19.2 Å². The van der Waals surface area contributed by atoms with Gasteiger partial charge in [0.05, 0.1) is 17.7 Å². The van der Waals surface area contributed by atoms with Crippen molar-refractivity contribution in [3.63, 3.8) is 0 Å². The number of aryl methyl sites for hydroxylation is 3. The second-order valence-electron chi connectivity index (χ2n) is 9.20. The highest BCUT2D eigenvalue weighted by molar-refractivity contribution is 7.92. The van der Waals surface area contributed by atoms with Crippen molar-refractivity contribution in [1.29, 1.82) is 0 Å². The van der Waals surface area contributed by atoms with Gasteiger partial charge in [0.15, 0.2) is 0 Å². The number of nitrogens with zero attached hydrogens (tertiary/aromatic N) is 2. The first-order chi connectivity index (χ1) is 17.6. The molecule has 0 atom stereocenters. The summed E-state index contributed by atoms with van der Waals surface area (Å²) in [6, 6.07) is 17.0. The highest BCUT2D eigenvalue weighted by atomic mass is 32.2. The average Bonchev–Trinajstić information content (AvgIpc) is 3.29. The van der Waals surface area contributed by atoms with Crippen molar-refractivity contribution in [1.82, 2.24) is 0 Å². The lowest BCUT2D eigenvalue weighted by atomic mass is 10.1. The lowest BCUT2D eigenvalue weighted by Gasteiger charge is -2.26. The third-order valence-corrected chi connectivity index (χ3v) is 8.13. The smallest absolute Gasteiger partial charge is 0.264 e. The van der Waals surface area contributed by atoms with Crippen LogP contribution in [0.1, 0.15) is 29.5 Å². The standard InChI is InChI=1S/C28H31N3O5S/c1-19-7-12-23(13-8-19)37(34,35)31(25-16-20(2)9-14-26(25)36-4)18-27(32)29-22-11-10-21(3)24(17-22)30-15-5-6-28(30)33/h7-14,16-17H,5-6,15,18H2,1-4H3,(H,29,32). The molecule has 2 amide bonds. The second-order valence-corrected chi connectivity index (χ2v) is 11.1. The van der Waals surface area contributed by atoms with Crippen LogP contribution in [0.5, 0.6) is 5.75 Å². The number of hydrogen-bond acceptors (Lipinski definition) is 5. The van der Waals surface area contributed by atoms with Gasteiger partial charge in [-0.05, 0) is 74.7 Å². The first-order valence-electron chi connectivity index (χ1n) is 12.0. The normalized spacial score (nSPS) is 13.5. The van der Waals surface area contributed by atoms with Crippen molar-refractivity contribution in [3.05, 3.63) is 77.4 Å². The lowest BCUT2D eigenvalue weighted by Crippen LogP contribution is -2.38. The van der Waals surface area contributed by atoms with Gasteiger partial charge in [0, 0.05) is 24.3 Å². The summed E-state index contributed by atoms with van der Waals surface area (Å²) in [4.78, 5) is 27.3. The van der Waals surface area contributed by atoms with E-state index in [1.807, 2.05) is 32.9 Å². The number of benzene rings is 3. The maximum Gasteiger partial charge on any atom is 0.264 e. The number of nitrogens with one attached hydrogen (secondary N) is 1. The fraction of sp³-hybridized carbons (Fsp3) is 0.286. The Labute approximate surface area is 217 Å². The highest BCUT2D eigenvalue weighted by Gasteiger charge is 2.30. The lowest BCUT2D eigenvalue weighted by molar-refractivity contribution is -0.117. The van der Waals surface area contributed by atoms with Gasteiger partial charge >= 0.3 is 0 Å². The summed E-state index contributed by atoms with van der Waals surface area (Å²) >= 11 is 0. The Bertz CT molecular complexity index is 1430. The van der Waals surface area contributed by atoms with Gasteiger partial charge < -0.3 is 15.0 Å². The monoisotopic (exact) mass is 521 g/mol. The zero-order valence-corrected chi connectivity index (χ0v) is 22.3. The van der Waals surface area contributed by atoms with Crippen LogP contribution in [0.25, 0.3) is 0 Å². The van der Waals surface area contributed by atoms with Gasteiger partial charge in [0.2, 0.25) is 11.8 Å². The molecule has 0 aromatic heterocycles. The van der Waals surface area contributed by atoms with Gasteiger partial charge in [-0.1, -0.05) is 29.8 Å². The molecule has 1 aliphatic heterocycles. The summed E-state index contributed by atoms with van der Waals surface area (Å²) in [5.41, 5.74) is 4.15. The maximum absolute atomic E-state index is 13.8. The van der Waals surface area contributed by atoms with E-state index in [0.29, 0.717) is 24.4 Å². The molecule has 0 bridgehead atoms. The molecular formula is C28H31N3O5S. The number of amides is 2. The second kappa shape index (κ2) is 10.6. The Morgan fingerprint density at radius 2 is 1.70 bits per heavy atom. The number of hydrogen-bond donors (Lipinski definition) is 1. The minimum Gasteiger partial charge on any atom is -0.495 e. The molecule has 3 aromatic carbocycles. The summed E-state index contributed by atoms with van der Waals surface area (Å²) < 4.78 is 34.1. The molecule has 194 valence electrons. The molecular weight excluding hydrogens is 490 g/mol. The molecule has 0 unspecified atom stereocenters. The van der Waals surface area contributed by atoms with Crippen LogP contribution >= 0.6 is 0 Å². The third kappa shape index (κ3) is 5.61. The minimum atomic E-state index is -4.10. The summed E-state index contributed by atoms with van der Waals surface area (Å²) in [5.74, 6) is -0.144. The van der Waals surface area contributed by atoms with Gasteiger partial charge in [-0.25, -0.2) is 8.42 Å². The van der Waals surface area contributed by atoms with Gasteiger partial charge in [-0.2, -0.15) is 0 Å². The summed E-state index contributed by atoms with van der Waals surface area (Å²) in [6.07, 6.45) is 1.29. The Balaban J connectivity index is 1.67. The number of carbonyl (C=O) groups is 2. The molecule has 4 rings (SSSR count). The largest absolute Gasteiger partial charge is 0.495 e. The first kappa shape index (κ1) is 26.2. The molecule has 1 saturated heterocycles. The van der Waals surface area contributed by atoms with Crippen LogP contribution in [-0.2, 0) is 19.6 Å². The molecule has 0 spiro atoms. The molecule has 1 fully saturated rings. The molecule has 0 aliphatic carbocycles. The fourth-order valence-electron chi connectivity index (χ4n) is 4.34. The number of carbonyl (C=O) groups excluding carboxylic acids is 2. The van der Waals surface area contributed by atoms with E-state index in [-0.39, 0.29) is 16.5 Å². The maximum atomic E-state index is 13.8. The molecule has 37 heavy (non-hydrogen) atoms. The summed E-state index contributed by atoms with van der Waals surface area (Å²) in [5, 5.41) is 2.81. The molecule has 9 heteroatoms. The highest BCUT2D eigenvalue weighted by Crippen LogP contribution is 2.34. The van der Waals surface area contributed by atoms with Gasteiger partial charge in [-0.15, -0.1) is 0 Å². The molecule has 1 N–H and O–H groups in total. The fourth-order valence-corrected chi connectivity index (χ4v) is 5.77. The van der Waals surface area contributed by atoms with E-state index in [4.69, 9.17) is 4.74 Å². The quantitative estimate of drug-likeness (QED) is 0.468. The Morgan fingerprint density at radius 1 is 1.00 bits per heavy atom. The van der Waals surface area contributed by atoms with Crippen molar-refractivity contribution in [3.8, 4) is 5.75 Å².